The van der Waals surface area contributed by atoms with E-state index in [1.165, 1.54) is 11.1 Å². The molecule has 0 radical (unpaired) electrons. The molecule has 2 aromatic rings. The van der Waals surface area contributed by atoms with E-state index in [1.807, 2.05) is 19.1 Å². The molecular formula is C17H19BrFN. The van der Waals surface area contributed by atoms with Gasteiger partial charge in [0.1, 0.15) is 5.82 Å². The first-order valence-corrected chi connectivity index (χ1v) is 7.47. The number of anilines is 1. The molecule has 0 saturated carbocycles. The minimum atomic E-state index is -0.157. The van der Waals surface area contributed by atoms with Gasteiger partial charge < -0.3 is 5.32 Å². The highest BCUT2D eigenvalue weighted by molar-refractivity contribution is 9.10. The van der Waals surface area contributed by atoms with Crippen LogP contribution in [0.25, 0.3) is 0 Å². The minimum absolute atomic E-state index is 0.0443. The van der Waals surface area contributed by atoms with Crippen molar-refractivity contribution in [2.45, 2.75) is 33.7 Å². The standard InChI is InChI=1S/C17H19BrFN/c1-10-7-12(3)17(15(18)8-10)20-13(4)14-6-5-11(2)16(19)9-14/h5-9,13,20H,1-4H3. The Hall–Kier alpha value is -1.35. The number of hydrogen-bond donors (Lipinski definition) is 1. The molecule has 0 aromatic heterocycles. The van der Waals surface area contributed by atoms with Gasteiger partial charge in [-0.1, -0.05) is 18.2 Å². The van der Waals surface area contributed by atoms with Gasteiger partial charge in [-0.15, -0.1) is 0 Å². The van der Waals surface area contributed by atoms with E-state index < -0.39 is 0 Å². The molecule has 0 saturated heterocycles. The highest BCUT2D eigenvalue weighted by Gasteiger charge is 2.11. The lowest BCUT2D eigenvalue weighted by molar-refractivity contribution is 0.614. The van der Waals surface area contributed by atoms with Gasteiger partial charge in [0.25, 0.3) is 0 Å². The monoisotopic (exact) mass is 335 g/mol. The number of hydrogen-bond acceptors (Lipinski definition) is 1. The third kappa shape index (κ3) is 3.21. The molecule has 0 aliphatic rings. The fourth-order valence-corrected chi connectivity index (χ4v) is 3.07. The van der Waals surface area contributed by atoms with Gasteiger partial charge in [-0.3, -0.25) is 0 Å². The molecule has 106 valence electrons. The predicted molar refractivity (Wildman–Crippen MR) is 86.8 cm³/mol. The molecule has 1 unspecified atom stereocenters. The Morgan fingerprint density at radius 1 is 1.05 bits per heavy atom. The maximum absolute atomic E-state index is 13.7. The molecule has 1 atom stereocenters. The lowest BCUT2D eigenvalue weighted by atomic mass is 10.0. The molecular weight excluding hydrogens is 317 g/mol. The Labute approximate surface area is 128 Å². The summed E-state index contributed by atoms with van der Waals surface area (Å²) in [5.74, 6) is -0.157. The quantitative estimate of drug-likeness (QED) is 0.760. The van der Waals surface area contributed by atoms with Gasteiger partial charge >= 0.3 is 0 Å². The van der Waals surface area contributed by atoms with Gasteiger partial charge in [0, 0.05) is 10.5 Å². The Morgan fingerprint density at radius 3 is 2.35 bits per heavy atom. The third-order valence-corrected chi connectivity index (χ3v) is 4.11. The average molecular weight is 336 g/mol. The van der Waals surface area contributed by atoms with Crippen LogP contribution in [0.2, 0.25) is 0 Å². The van der Waals surface area contributed by atoms with Crippen LogP contribution in [0.1, 0.15) is 35.2 Å². The van der Waals surface area contributed by atoms with E-state index in [1.54, 1.807) is 13.0 Å². The molecule has 1 N–H and O–H groups in total. The first kappa shape index (κ1) is 15.0. The van der Waals surface area contributed by atoms with Crippen LogP contribution in [0.4, 0.5) is 10.1 Å². The smallest absolute Gasteiger partial charge is 0.126 e. The Morgan fingerprint density at radius 2 is 1.75 bits per heavy atom. The van der Waals surface area contributed by atoms with Gasteiger partial charge in [0.15, 0.2) is 0 Å². The summed E-state index contributed by atoms with van der Waals surface area (Å²) in [7, 11) is 0. The highest BCUT2D eigenvalue weighted by Crippen LogP contribution is 2.31. The van der Waals surface area contributed by atoms with E-state index in [-0.39, 0.29) is 11.9 Å². The van der Waals surface area contributed by atoms with Gasteiger partial charge in [-0.2, -0.15) is 0 Å². The second-order valence-electron chi connectivity index (χ2n) is 5.31. The Balaban J connectivity index is 2.27. The second-order valence-corrected chi connectivity index (χ2v) is 6.17. The second kappa shape index (κ2) is 5.96. The summed E-state index contributed by atoms with van der Waals surface area (Å²) in [6, 6.07) is 9.65. The van der Waals surface area contributed by atoms with Crippen LogP contribution >= 0.6 is 15.9 Å². The summed E-state index contributed by atoms with van der Waals surface area (Å²) < 4.78 is 14.7. The highest BCUT2D eigenvalue weighted by atomic mass is 79.9. The summed E-state index contributed by atoms with van der Waals surface area (Å²) >= 11 is 3.59. The maximum atomic E-state index is 13.7. The molecule has 0 amide bonds. The zero-order valence-corrected chi connectivity index (χ0v) is 13.8. The summed E-state index contributed by atoms with van der Waals surface area (Å²) in [4.78, 5) is 0. The average Bonchev–Trinajstić information content (AvgIpc) is 2.36. The van der Waals surface area contributed by atoms with Crippen molar-refractivity contribution < 1.29 is 4.39 Å². The zero-order chi connectivity index (χ0) is 14.9. The lowest BCUT2D eigenvalue weighted by Crippen LogP contribution is -2.09. The largest absolute Gasteiger partial charge is 0.377 e. The summed E-state index contributed by atoms with van der Waals surface area (Å²) in [5, 5.41) is 3.46. The van der Waals surface area contributed by atoms with E-state index in [0.29, 0.717) is 5.56 Å². The molecule has 2 aromatic carbocycles. The van der Waals surface area contributed by atoms with Crippen LogP contribution in [0.3, 0.4) is 0 Å². The molecule has 0 fully saturated rings. The van der Waals surface area contributed by atoms with E-state index in [2.05, 4.69) is 47.2 Å². The summed E-state index contributed by atoms with van der Waals surface area (Å²) in [5.41, 5.74) is 5.07. The van der Waals surface area contributed by atoms with Crippen LogP contribution in [0, 0.1) is 26.6 Å². The van der Waals surface area contributed by atoms with Crippen molar-refractivity contribution in [2.24, 2.45) is 0 Å². The van der Waals surface area contributed by atoms with Crippen molar-refractivity contribution in [3.8, 4) is 0 Å². The van der Waals surface area contributed by atoms with E-state index >= 15 is 0 Å². The molecule has 3 heteroatoms. The van der Waals surface area contributed by atoms with Crippen molar-refractivity contribution in [3.63, 3.8) is 0 Å². The van der Waals surface area contributed by atoms with Crippen LogP contribution in [-0.4, -0.2) is 0 Å². The van der Waals surface area contributed by atoms with Gasteiger partial charge in [0.05, 0.1) is 5.69 Å². The fourth-order valence-electron chi connectivity index (χ4n) is 2.28. The molecule has 0 heterocycles. The van der Waals surface area contributed by atoms with E-state index in [0.717, 1.165) is 15.7 Å². The van der Waals surface area contributed by atoms with E-state index in [4.69, 9.17) is 0 Å². The number of nitrogens with one attached hydrogen (secondary N) is 1. The first-order valence-electron chi connectivity index (χ1n) is 6.68. The van der Waals surface area contributed by atoms with Crippen LogP contribution in [0.15, 0.2) is 34.8 Å². The predicted octanol–water partition coefficient (Wildman–Crippen LogP) is 5.69. The van der Waals surface area contributed by atoms with Crippen molar-refractivity contribution in [1.29, 1.82) is 0 Å². The van der Waals surface area contributed by atoms with Crippen molar-refractivity contribution in [1.82, 2.24) is 0 Å². The van der Waals surface area contributed by atoms with Crippen LogP contribution in [-0.2, 0) is 0 Å². The number of aryl methyl sites for hydroxylation is 3. The first-order chi connectivity index (χ1) is 9.38. The number of rotatable bonds is 3. The molecule has 0 bridgehead atoms. The normalized spacial score (nSPS) is 12.3. The summed E-state index contributed by atoms with van der Waals surface area (Å²) in [6.07, 6.45) is 0. The van der Waals surface area contributed by atoms with Crippen molar-refractivity contribution >= 4 is 21.6 Å². The van der Waals surface area contributed by atoms with Gasteiger partial charge in [0.2, 0.25) is 0 Å². The zero-order valence-electron chi connectivity index (χ0n) is 12.2. The van der Waals surface area contributed by atoms with Crippen molar-refractivity contribution in [2.75, 3.05) is 5.32 Å². The summed E-state index contributed by atoms with van der Waals surface area (Å²) in [6.45, 7) is 7.95. The van der Waals surface area contributed by atoms with Gasteiger partial charge in [-0.05, 0) is 78.0 Å². The minimum Gasteiger partial charge on any atom is -0.377 e. The molecule has 0 aliphatic heterocycles. The SMILES string of the molecule is Cc1cc(C)c(NC(C)c2ccc(C)c(F)c2)c(Br)c1. The molecule has 0 spiro atoms. The maximum Gasteiger partial charge on any atom is 0.126 e. The molecule has 0 aliphatic carbocycles. The van der Waals surface area contributed by atoms with Gasteiger partial charge in [-0.25, -0.2) is 4.39 Å². The van der Waals surface area contributed by atoms with Crippen molar-refractivity contribution in [3.05, 3.63) is 62.9 Å². The topological polar surface area (TPSA) is 12.0 Å². The Kier molecular flexibility index (Phi) is 4.48. The third-order valence-electron chi connectivity index (χ3n) is 3.49. The molecule has 1 nitrogen and oxygen atoms in total. The number of halogens is 2. The van der Waals surface area contributed by atoms with E-state index in [9.17, 15) is 4.39 Å². The van der Waals surface area contributed by atoms with Crippen LogP contribution in [0.5, 0.6) is 0 Å². The molecule has 2 rings (SSSR count). The fraction of sp³-hybridized carbons (Fsp3) is 0.294. The van der Waals surface area contributed by atoms with Crippen LogP contribution < -0.4 is 5.32 Å². The lowest BCUT2D eigenvalue weighted by Gasteiger charge is -2.19. The Bertz CT molecular complexity index is 614. The number of benzene rings is 2. The molecule has 20 heavy (non-hydrogen) atoms.